The Morgan fingerprint density at radius 1 is 1.05 bits per heavy atom. The van der Waals surface area contributed by atoms with Crippen molar-refractivity contribution < 1.29 is 39.3 Å². The first-order valence-corrected chi connectivity index (χ1v) is 6.63. The highest BCUT2D eigenvalue weighted by molar-refractivity contribution is 7.87. The highest BCUT2D eigenvalue weighted by Gasteiger charge is 2.75. The second-order valence-corrected chi connectivity index (χ2v) is 5.15. The van der Waals surface area contributed by atoms with Gasteiger partial charge in [0, 0.05) is 20.0 Å². The third-order valence-corrected chi connectivity index (χ3v) is 2.72. The molecule has 0 radical (unpaired) electrons. The van der Waals surface area contributed by atoms with Crippen molar-refractivity contribution >= 4 is 10.1 Å². The summed E-state index contributed by atoms with van der Waals surface area (Å²) >= 11 is 0. The van der Waals surface area contributed by atoms with Crippen LogP contribution >= 0.6 is 0 Å². The molecular formula is C10H15F6NO3S. The van der Waals surface area contributed by atoms with Gasteiger partial charge >= 0.3 is 27.2 Å². The number of nitrogens with one attached hydrogen (secondary N) is 1. The number of alkyl halides is 6. The molecule has 0 amide bonds. The SMILES string of the molecule is C=CCNCC=C.CC(F)(F)C(F)(F)C(F)(F)S(=O)(=O)O. The molecule has 0 aromatic carbocycles. The maximum Gasteiger partial charge on any atom is 0.437 e. The highest BCUT2D eigenvalue weighted by Crippen LogP contribution is 2.47. The van der Waals surface area contributed by atoms with E-state index in [0.29, 0.717) is 0 Å². The Balaban J connectivity index is 0. The van der Waals surface area contributed by atoms with Gasteiger partial charge < -0.3 is 5.32 Å². The molecule has 0 aromatic heterocycles. The van der Waals surface area contributed by atoms with Crippen LogP contribution in [0.25, 0.3) is 0 Å². The molecule has 0 aliphatic carbocycles. The van der Waals surface area contributed by atoms with E-state index in [-0.39, 0.29) is 0 Å². The van der Waals surface area contributed by atoms with Crippen molar-refractivity contribution in [3.8, 4) is 0 Å². The minimum atomic E-state index is -6.61. The topological polar surface area (TPSA) is 66.4 Å². The molecule has 0 rings (SSSR count). The van der Waals surface area contributed by atoms with E-state index < -0.39 is 34.1 Å². The number of halogens is 6. The Kier molecular flexibility index (Phi) is 8.25. The van der Waals surface area contributed by atoms with E-state index in [1.54, 1.807) is 0 Å². The molecule has 4 nitrogen and oxygen atoms in total. The third kappa shape index (κ3) is 6.06. The smallest absolute Gasteiger partial charge is 0.310 e. The van der Waals surface area contributed by atoms with E-state index in [1.165, 1.54) is 0 Å². The predicted octanol–water partition coefficient (Wildman–Crippen LogP) is 2.71. The molecule has 0 aliphatic rings. The lowest BCUT2D eigenvalue weighted by atomic mass is 10.2. The standard InChI is InChI=1S/C6H11N.C4H4F6O3S/c1-3-5-7-6-4-2;1-2(5,6)3(7,8)4(9,10)14(11,12)13/h3-4,7H,1-2,5-6H2;1H3,(H,11,12,13). The Morgan fingerprint density at radius 2 is 1.38 bits per heavy atom. The molecule has 2 N–H and O–H groups in total. The molecule has 0 saturated carbocycles. The van der Waals surface area contributed by atoms with Gasteiger partial charge in [-0.05, 0) is 0 Å². The molecule has 0 unspecified atom stereocenters. The average Bonchev–Trinajstić information content (AvgIpc) is 2.27. The fraction of sp³-hybridized carbons (Fsp3) is 0.600. The fourth-order valence-electron chi connectivity index (χ4n) is 0.705. The Labute approximate surface area is 118 Å². The molecule has 0 bridgehead atoms. The normalized spacial score (nSPS) is 13.1. The number of hydrogen-bond acceptors (Lipinski definition) is 3. The first-order valence-electron chi connectivity index (χ1n) is 5.19. The van der Waals surface area contributed by atoms with Crippen LogP contribution in [0.2, 0.25) is 0 Å². The first kappa shape index (κ1) is 22.2. The second kappa shape index (κ2) is 7.80. The van der Waals surface area contributed by atoms with Gasteiger partial charge in [-0.1, -0.05) is 12.2 Å². The van der Waals surface area contributed by atoms with Crippen molar-refractivity contribution in [3.05, 3.63) is 25.3 Å². The minimum Gasteiger partial charge on any atom is -0.310 e. The minimum absolute atomic E-state index is 0.591. The summed E-state index contributed by atoms with van der Waals surface area (Å²) in [7, 11) is -6.61. The van der Waals surface area contributed by atoms with Crippen LogP contribution in [0, 0.1) is 0 Å². The van der Waals surface area contributed by atoms with E-state index >= 15 is 0 Å². The zero-order chi connectivity index (χ0) is 17.5. The lowest BCUT2D eigenvalue weighted by molar-refractivity contribution is -0.273. The largest absolute Gasteiger partial charge is 0.437 e. The number of rotatable bonds is 7. The monoisotopic (exact) mass is 343 g/mol. The van der Waals surface area contributed by atoms with Crippen molar-refractivity contribution in [3.63, 3.8) is 0 Å². The molecule has 11 heteroatoms. The van der Waals surface area contributed by atoms with Crippen LogP contribution in [0.15, 0.2) is 25.3 Å². The molecule has 0 aliphatic heterocycles. The zero-order valence-electron chi connectivity index (χ0n) is 10.9. The number of hydrogen-bond donors (Lipinski definition) is 2. The van der Waals surface area contributed by atoms with Crippen molar-refractivity contribution in [1.82, 2.24) is 5.32 Å². The quantitative estimate of drug-likeness (QED) is 0.323. The van der Waals surface area contributed by atoms with E-state index in [9.17, 15) is 34.8 Å². The van der Waals surface area contributed by atoms with Gasteiger partial charge in [0.15, 0.2) is 0 Å². The van der Waals surface area contributed by atoms with Crippen LogP contribution in [0.1, 0.15) is 6.92 Å². The summed E-state index contributed by atoms with van der Waals surface area (Å²) < 4.78 is 99.6. The van der Waals surface area contributed by atoms with Crippen LogP contribution < -0.4 is 5.32 Å². The summed E-state index contributed by atoms with van der Waals surface area (Å²) in [5, 5.41) is -3.19. The van der Waals surface area contributed by atoms with Gasteiger partial charge in [-0.15, -0.1) is 13.2 Å². The van der Waals surface area contributed by atoms with Gasteiger partial charge in [-0.25, -0.2) is 0 Å². The summed E-state index contributed by atoms with van der Waals surface area (Å²) in [5.74, 6) is -11.5. The van der Waals surface area contributed by atoms with E-state index in [0.717, 1.165) is 13.1 Å². The van der Waals surface area contributed by atoms with Gasteiger partial charge in [0.2, 0.25) is 0 Å². The predicted molar refractivity (Wildman–Crippen MR) is 65.3 cm³/mol. The summed E-state index contributed by atoms with van der Waals surface area (Å²) in [6.07, 6.45) is 3.65. The molecule has 0 heterocycles. The second-order valence-electron chi connectivity index (χ2n) is 3.69. The van der Waals surface area contributed by atoms with Crippen LogP contribution in [0.4, 0.5) is 26.3 Å². The summed E-state index contributed by atoms with van der Waals surface area (Å²) in [6, 6.07) is 0. The van der Waals surface area contributed by atoms with Gasteiger partial charge in [0.05, 0.1) is 0 Å². The van der Waals surface area contributed by atoms with Gasteiger partial charge in [0.25, 0.3) is 0 Å². The maximum atomic E-state index is 12.2. The van der Waals surface area contributed by atoms with E-state index in [4.69, 9.17) is 4.55 Å². The molecule has 0 fully saturated rings. The highest BCUT2D eigenvalue weighted by atomic mass is 32.2. The van der Waals surface area contributed by atoms with E-state index in [1.807, 2.05) is 12.2 Å². The van der Waals surface area contributed by atoms with Crippen molar-refractivity contribution in [2.75, 3.05) is 13.1 Å². The van der Waals surface area contributed by atoms with Crippen LogP contribution in [-0.2, 0) is 10.1 Å². The third-order valence-electron chi connectivity index (χ3n) is 1.82. The molecule has 126 valence electrons. The summed E-state index contributed by atoms with van der Waals surface area (Å²) in [6.45, 7) is 8.21. The summed E-state index contributed by atoms with van der Waals surface area (Å²) in [4.78, 5) is 0. The maximum absolute atomic E-state index is 12.2. The summed E-state index contributed by atoms with van der Waals surface area (Å²) in [5.41, 5.74) is 0. The molecule has 21 heavy (non-hydrogen) atoms. The molecule has 0 atom stereocenters. The van der Waals surface area contributed by atoms with Crippen molar-refractivity contribution in [2.24, 2.45) is 0 Å². The lowest BCUT2D eigenvalue weighted by Crippen LogP contribution is -2.56. The molecular weight excluding hydrogens is 328 g/mol. The Bertz CT molecular complexity index is 436. The van der Waals surface area contributed by atoms with Gasteiger partial charge in [0.1, 0.15) is 0 Å². The van der Waals surface area contributed by atoms with Crippen LogP contribution in [0.5, 0.6) is 0 Å². The van der Waals surface area contributed by atoms with Crippen LogP contribution in [0.3, 0.4) is 0 Å². The zero-order valence-corrected chi connectivity index (χ0v) is 11.7. The van der Waals surface area contributed by atoms with E-state index in [2.05, 4.69) is 18.5 Å². The Hall–Kier alpha value is -1.07. The fourth-order valence-corrected chi connectivity index (χ4v) is 1.21. The average molecular weight is 343 g/mol. The molecule has 0 aromatic rings. The first-order chi connectivity index (χ1) is 9.16. The lowest BCUT2D eigenvalue weighted by Gasteiger charge is -2.28. The van der Waals surface area contributed by atoms with Crippen molar-refractivity contribution in [2.45, 2.75) is 24.0 Å². The van der Waals surface area contributed by atoms with Gasteiger partial charge in [-0.3, -0.25) is 4.55 Å². The molecule has 0 spiro atoms. The van der Waals surface area contributed by atoms with Crippen molar-refractivity contribution in [1.29, 1.82) is 0 Å². The Morgan fingerprint density at radius 3 is 1.52 bits per heavy atom. The molecule has 0 saturated heterocycles. The van der Waals surface area contributed by atoms with Crippen LogP contribution in [-0.4, -0.2) is 43.2 Å². The van der Waals surface area contributed by atoms with Gasteiger partial charge in [-0.2, -0.15) is 34.8 Å².